The predicted molar refractivity (Wildman–Crippen MR) is 75.4 cm³/mol. The second-order valence-electron chi connectivity index (χ2n) is 4.72. The van der Waals surface area contributed by atoms with Gasteiger partial charge in [-0.15, -0.1) is 0 Å². The van der Waals surface area contributed by atoms with E-state index in [9.17, 15) is 0 Å². The molecule has 3 heteroatoms. The molecule has 2 rings (SSSR count). The fourth-order valence-electron chi connectivity index (χ4n) is 2.02. The summed E-state index contributed by atoms with van der Waals surface area (Å²) in [4.78, 5) is 0. The maximum absolute atomic E-state index is 4.57. The van der Waals surface area contributed by atoms with Crippen molar-refractivity contribution in [3.8, 4) is 11.3 Å². The molecule has 0 aliphatic heterocycles. The minimum atomic E-state index is 0.880. The third kappa shape index (κ3) is 2.99. The van der Waals surface area contributed by atoms with Gasteiger partial charge in [-0.1, -0.05) is 36.8 Å². The van der Waals surface area contributed by atoms with Gasteiger partial charge in [-0.2, -0.15) is 5.10 Å². The molecule has 0 fully saturated rings. The largest absolute Gasteiger partial charge is 0.313 e. The monoisotopic (exact) mass is 243 g/mol. The van der Waals surface area contributed by atoms with Gasteiger partial charge >= 0.3 is 0 Å². The molecule has 0 radical (unpaired) electrons. The molecule has 1 aromatic heterocycles. The van der Waals surface area contributed by atoms with Gasteiger partial charge in [-0.3, -0.25) is 4.68 Å². The van der Waals surface area contributed by atoms with Crippen molar-refractivity contribution < 1.29 is 0 Å². The van der Waals surface area contributed by atoms with Crippen molar-refractivity contribution in [2.24, 2.45) is 7.05 Å². The average Bonchev–Trinajstić information content (AvgIpc) is 2.72. The molecule has 1 aromatic carbocycles. The molecule has 0 saturated carbocycles. The molecule has 0 spiro atoms. The molecule has 3 nitrogen and oxygen atoms in total. The molecule has 0 aliphatic rings. The first-order chi connectivity index (χ1) is 8.70. The van der Waals surface area contributed by atoms with Crippen LogP contribution in [0.4, 0.5) is 0 Å². The molecule has 0 unspecified atom stereocenters. The molecule has 1 N–H and O–H groups in total. The molecule has 0 saturated heterocycles. The van der Waals surface area contributed by atoms with E-state index in [0.717, 1.165) is 25.2 Å². The average molecular weight is 243 g/mol. The van der Waals surface area contributed by atoms with Gasteiger partial charge in [-0.05, 0) is 19.9 Å². The third-order valence-corrected chi connectivity index (χ3v) is 2.97. The van der Waals surface area contributed by atoms with E-state index in [4.69, 9.17) is 0 Å². The number of hydrogen-bond acceptors (Lipinski definition) is 2. The van der Waals surface area contributed by atoms with Crippen molar-refractivity contribution in [3.63, 3.8) is 0 Å². The third-order valence-electron chi connectivity index (χ3n) is 2.97. The highest BCUT2D eigenvalue weighted by Crippen LogP contribution is 2.22. The number of aromatic nitrogens is 2. The van der Waals surface area contributed by atoms with Crippen molar-refractivity contribution in [2.45, 2.75) is 26.8 Å². The second-order valence-corrected chi connectivity index (χ2v) is 4.72. The zero-order valence-corrected chi connectivity index (χ0v) is 11.4. The van der Waals surface area contributed by atoms with Crippen LogP contribution >= 0.6 is 0 Å². The van der Waals surface area contributed by atoms with Crippen molar-refractivity contribution in [3.05, 3.63) is 41.6 Å². The van der Waals surface area contributed by atoms with E-state index in [1.54, 1.807) is 0 Å². The fourth-order valence-corrected chi connectivity index (χ4v) is 2.02. The molecular weight excluding hydrogens is 222 g/mol. The first-order valence-electron chi connectivity index (χ1n) is 6.51. The Morgan fingerprint density at radius 3 is 2.61 bits per heavy atom. The van der Waals surface area contributed by atoms with E-state index in [2.05, 4.69) is 54.7 Å². The summed E-state index contributed by atoms with van der Waals surface area (Å²) in [7, 11) is 1.97. The van der Waals surface area contributed by atoms with Gasteiger partial charge in [0.1, 0.15) is 0 Å². The van der Waals surface area contributed by atoms with E-state index < -0.39 is 0 Å². The highest BCUT2D eigenvalue weighted by atomic mass is 15.3. The summed E-state index contributed by atoms with van der Waals surface area (Å²) in [6, 6.07) is 8.54. The summed E-state index contributed by atoms with van der Waals surface area (Å²) in [5.74, 6) is 0. The molecule has 1 heterocycles. The number of benzene rings is 1. The van der Waals surface area contributed by atoms with Crippen molar-refractivity contribution >= 4 is 0 Å². The Morgan fingerprint density at radius 2 is 1.94 bits per heavy atom. The first kappa shape index (κ1) is 12.8. The summed E-state index contributed by atoms with van der Waals surface area (Å²) in [6.07, 6.45) is 3.25. The summed E-state index contributed by atoms with van der Waals surface area (Å²) in [5.41, 5.74) is 4.81. The topological polar surface area (TPSA) is 29.9 Å². The standard InChI is InChI=1S/C15H21N3/c1-4-9-16-10-14-11-18(3)17-15(14)13-7-5-12(2)6-8-13/h5-8,11,16H,4,9-10H2,1-3H3. The molecule has 96 valence electrons. The van der Waals surface area contributed by atoms with E-state index >= 15 is 0 Å². The minimum Gasteiger partial charge on any atom is -0.313 e. The summed E-state index contributed by atoms with van der Waals surface area (Å²) >= 11 is 0. The number of nitrogens with zero attached hydrogens (tertiary/aromatic N) is 2. The highest BCUT2D eigenvalue weighted by molar-refractivity contribution is 5.62. The lowest BCUT2D eigenvalue weighted by Crippen LogP contribution is -2.13. The Labute approximate surface area is 109 Å². The molecule has 0 amide bonds. The Bertz CT molecular complexity index is 497. The molecule has 18 heavy (non-hydrogen) atoms. The van der Waals surface area contributed by atoms with Gasteiger partial charge < -0.3 is 5.32 Å². The predicted octanol–water partition coefficient (Wildman–Crippen LogP) is 2.90. The lowest BCUT2D eigenvalue weighted by atomic mass is 10.1. The van der Waals surface area contributed by atoms with E-state index in [1.165, 1.54) is 16.7 Å². The van der Waals surface area contributed by atoms with Gasteiger partial charge in [-0.25, -0.2) is 0 Å². The van der Waals surface area contributed by atoms with Gasteiger partial charge in [0.15, 0.2) is 0 Å². The lowest BCUT2D eigenvalue weighted by Gasteiger charge is -2.04. The molecule has 0 aliphatic carbocycles. The number of aryl methyl sites for hydroxylation is 2. The molecule has 0 bridgehead atoms. The Kier molecular flexibility index (Phi) is 4.15. The van der Waals surface area contributed by atoms with Gasteiger partial charge in [0.05, 0.1) is 5.69 Å². The quantitative estimate of drug-likeness (QED) is 0.818. The zero-order chi connectivity index (χ0) is 13.0. The maximum Gasteiger partial charge on any atom is 0.0967 e. The van der Waals surface area contributed by atoms with Gasteiger partial charge in [0.25, 0.3) is 0 Å². The fraction of sp³-hybridized carbons (Fsp3) is 0.400. The van der Waals surface area contributed by atoms with Crippen LogP contribution in [0, 0.1) is 6.92 Å². The van der Waals surface area contributed by atoms with E-state index in [0.29, 0.717) is 0 Å². The Balaban J connectivity index is 2.23. The van der Waals surface area contributed by atoms with Crippen LogP contribution in [0.2, 0.25) is 0 Å². The summed E-state index contributed by atoms with van der Waals surface area (Å²) < 4.78 is 1.89. The van der Waals surface area contributed by atoms with Crippen molar-refractivity contribution in [2.75, 3.05) is 6.54 Å². The SMILES string of the molecule is CCCNCc1cn(C)nc1-c1ccc(C)cc1. The molecule has 2 aromatic rings. The molecular formula is C15H21N3. The van der Waals surface area contributed by atoms with Crippen molar-refractivity contribution in [1.29, 1.82) is 0 Å². The zero-order valence-electron chi connectivity index (χ0n) is 11.4. The second kappa shape index (κ2) is 5.83. The van der Waals surface area contributed by atoms with Gasteiger partial charge in [0.2, 0.25) is 0 Å². The van der Waals surface area contributed by atoms with E-state index in [1.807, 2.05) is 11.7 Å². The smallest absolute Gasteiger partial charge is 0.0967 e. The lowest BCUT2D eigenvalue weighted by molar-refractivity contribution is 0.675. The first-order valence-corrected chi connectivity index (χ1v) is 6.51. The number of rotatable bonds is 5. The maximum atomic E-state index is 4.57. The van der Waals surface area contributed by atoms with Crippen LogP contribution in [-0.4, -0.2) is 16.3 Å². The van der Waals surface area contributed by atoms with Crippen LogP contribution in [0.1, 0.15) is 24.5 Å². The van der Waals surface area contributed by atoms with Crippen LogP contribution in [0.3, 0.4) is 0 Å². The van der Waals surface area contributed by atoms with E-state index in [-0.39, 0.29) is 0 Å². The van der Waals surface area contributed by atoms with Crippen LogP contribution < -0.4 is 5.32 Å². The Morgan fingerprint density at radius 1 is 1.22 bits per heavy atom. The minimum absolute atomic E-state index is 0.880. The summed E-state index contributed by atoms with van der Waals surface area (Å²) in [6.45, 7) is 6.20. The Hall–Kier alpha value is -1.61. The number of hydrogen-bond donors (Lipinski definition) is 1. The van der Waals surface area contributed by atoms with Crippen LogP contribution in [0.15, 0.2) is 30.5 Å². The van der Waals surface area contributed by atoms with Crippen LogP contribution in [-0.2, 0) is 13.6 Å². The van der Waals surface area contributed by atoms with Crippen LogP contribution in [0.5, 0.6) is 0 Å². The highest BCUT2D eigenvalue weighted by Gasteiger charge is 2.09. The van der Waals surface area contributed by atoms with Gasteiger partial charge in [0, 0.05) is 30.9 Å². The normalized spacial score (nSPS) is 10.8. The summed E-state index contributed by atoms with van der Waals surface area (Å²) in [5, 5.41) is 8.00. The van der Waals surface area contributed by atoms with Crippen LogP contribution in [0.25, 0.3) is 11.3 Å². The van der Waals surface area contributed by atoms with Crippen molar-refractivity contribution in [1.82, 2.24) is 15.1 Å². The molecule has 0 atom stereocenters. The number of nitrogens with one attached hydrogen (secondary N) is 1.